The molecule has 4 atom stereocenters. The predicted octanol–water partition coefficient (Wildman–Crippen LogP) is 3.66. The van der Waals surface area contributed by atoms with E-state index in [-0.39, 0.29) is 28.5 Å². The molecule has 0 aromatic carbocycles. The molecule has 1 aliphatic heterocycles. The molecule has 0 radical (unpaired) electrons. The molecule has 1 unspecified atom stereocenters. The van der Waals surface area contributed by atoms with Crippen LogP contribution in [0.25, 0.3) is 11.2 Å². The van der Waals surface area contributed by atoms with E-state index in [9.17, 15) is 9.90 Å². The van der Waals surface area contributed by atoms with Crippen LogP contribution in [0.5, 0.6) is 0 Å². The maximum atomic E-state index is 16.2. The minimum Gasteiger partial charge on any atom is -0.407 e. The summed E-state index contributed by atoms with van der Waals surface area (Å²) in [5, 5.41) is 12.8. The Kier molecular flexibility index (Phi) is 7.67. The van der Waals surface area contributed by atoms with Gasteiger partial charge in [0, 0.05) is 20.0 Å². The highest BCUT2D eigenvalue weighted by molar-refractivity contribution is 6.74. The molecule has 0 bridgehead atoms. The topological polar surface area (TPSA) is 115 Å². The second-order valence-electron chi connectivity index (χ2n) is 11.3. The van der Waals surface area contributed by atoms with E-state index in [4.69, 9.17) is 9.16 Å². The minimum absolute atomic E-state index is 0.0753. The van der Waals surface area contributed by atoms with Crippen molar-refractivity contribution in [3.8, 4) is 0 Å². The maximum Gasteiger partial charge on any atom is 0.233 e. The van der Waals surface area contributed by atoms with Gasteiger partial charge in [-0.1, -0.05) is 40.7 Å². The summed E-state index contributed by atoms with van der Waals surface area (Å²) in [7, 11) is 1.13. The fourth-order valence-electron chi connectivity index (χ4n) is 3.71. The summed E-state index contributed by atoms with van der Waals surface area (Å²) >= 11 is 0. The number of ether oxygens (including phenoxy) is 1. The highest BCUT2D eigenvalue weighted by atomic mass is 28.4. The van der Waals surface area contributed by atoms with E-state index >= 15 is 4.39 Å². The first-order valence-electron chi connectivity index (χ1n) is 12.1. The number of nitrogens with zero attached hydrogens (tertiary/aromatic N) is 5. The summed E-state index contributed by atoms with van der Waals surface area (Å²) in [5.74, 6) is -0.000463. The van der Waals surface area contributed by atoms with Crippen LogP contribution in [0.4, 0.5) is 16.2 Å². The molecule has 2 N–H and O–H groups in total. The SMILES string of the molecule is C=C[C@]1(CO)O[C@@H](n2cnc3c(N(C)C)nc(NC(=O)C(C)C)nc32)[C@@H](F)C1O[Si](C)(C)C(C)(C)C. The Morgan fingerprint density at radius 1 is 1.42 bits per heavy atom. The number of alkyl halides is 1. The standard InChI is InChI=1S/C24H39FN6O4Si/c1-11-24(12-32)17(35-36(9,10)23(4,5)6)15(25)21(34-24)31-13-26-16-18(30(7)8)27-22(28-19(16)31)29-20(33)14(2)3/h11,13-15,17,21,32H,1,12H2,2-10H3,(H,27,28,29,33)/t15-,17?,21+,24+/m0/s1. The van der Waals surface area contributed by atoms with Gasteiger partial charge in [-0.2, -0.15) is 9.97 Å². The summed E-state index contributed by atoms with van der Waals surface area (Å²) in [4.78, 5) is 27.4. The third-order valence-electron chi connectivity index (χ3n) is 7.06. The fraction of sp³-hybridized carbons (Fsp3) is 0.667. The van der Waals surface area contributed by atoms with Crippen LogP contribution in [0.1, 0.15) is 40.8 Å². The molecule has 1 fully saturated rings. The van der Waals surface area contributed by atoms with E-state index in [1.807, 2.05) is 13.1 Å². The molecule has 0 aliphatic carbocycles. The normalized spacial score (nSPS) is 24.9. The molecule has 0 spiro atoms. The number of anilines is 2. The van der Waals surface area contributed by atoms with Crippen molar-refractivity contribution in [1.82, 2.24) is 19.5 Å². The average molecular weight is 523 g/mol. The summed E-state index contributed by atoms with van der Waals surface area (Å²) in [6.45, 7) is 17.1. The quantitative estimate of drug-likeness (QED) is 0.399. The van der Waals surface area contributed by atoms with E-state index in [2.05, 4.69) is 47.6 Å². The van der Waals surface area contributed by atoms with Gasteiger partial charge in [-0.15, -0.1) is 6.58 Å². The Balaban J connectivity index is 2.11. The van der Waals surface area contributed by atoms with Crippen LogP contribution < -0.4 is 10.2 Å². The van der Waals surface area contributed by atoms with Crippen LogP contribution in [0.2, 0.25) is 18.1 Å². The Bertz CT molecular complexity index is 1130. The molecular formula is C24H39FN6O4Si. The van der Waals surface area contributed by atoms with Crippen LogP contribution in [-0.2, 0) is 14.0 Å². The molecule has 1 aliphatic rings. The van der Waals surface area contributed by atoms with E-state index in [1.165, 1.54) is 17.0 Å². The lowest BCUT2D eigenvalue weighted by atomic mass is 9.97. The zero-order valence-corrected chi connectivity index (χ0v) is 23.7. The van der Waals surface area contributed by atoms with Crippen molar-refractivity contribution >= 4 is 37.2 Å². The van der Waals surface area contributed by atoms with E-state index in [1.54, 1.807) is 32.8 Å². The first-order valence-corrected chi connectivity index (χ1v) is 15.0. The largest absolute Gasteiger partial charge is 0.407 e. The number of halogens is 1. The summed E-state index contributed by atoms with van der Waals surface area (Å²) in [6, 6.07) is 0. The number of carbonyl (C=O) groups is 1. The zero-order chi connectivity index (χ0) is 27.2. The molecule has 2 aromatic heterocycles. The van der Waals surface area contributed by atoms with Crippen molar-refractivity contribution in [2.45, 2.75) is 76.9 Å². The maximum absolute atomic E-state index is 16.2. The number of nitrogens with one attached hydrogen (secondary N) is 1. The molecular weight excluding hydrogens is 483 g/mol. The Labute approximate surface area is 213 Å². The van der Waals surface area contributed by atoms with Crippen molar-refractivity contribution in [3.05, 3.63) is 19.0 Å². The molecule has 10 nitrogen and oxygen atoms in total. The second kappa shape index (κ2) is 9.80. The van der Waals surface area contributed by atoms with Gasteiger partial charge in [-0.25, -0.2) is 9.37 Å². The molecule has 36 heavy (non-hydrogen) atoms. The number of aromatic nitrogens is 4. The summed E-state index contributed by atoms with van der Waals surface area (Å²) in [5.41, 5.74) is -0.757. The van der Waals surface area contributed by atoms with Crippen LogP contribution in [0.15, 0.2) is 19.0 Å². The van der Waals surface area contributed by atoms with Gasteiger partial charge in [-0.05, 0) is 18.1 Å². The molecule has 3 rings (SSSR count). The first-order chi connectivity index (χ1) is 16.6. The third kappa shape index (κ3) is 4.91. The van der Waals surface area contributed by atoms with Crippen molar-refractivity contribution in [2.75, 3.05) is 30.9 Å². The van der Waals surface area contributed by atoms with Crippen molar-refractivity contribution in [2.24, 2.45) is 5.92 Å². The highest BCUT2D eigenvalue weighted by Crippen LogP contribution is 2.47. The minimum atomic E-state index is -2.45. The van der Waals surface area contributed by atoms with Crippen LogP contribution in [0.3, 0.4) is 0 Å². The monoisotopic (exact) mass is 522 g/mol. The number of hydrogen-bond donors (Lipinski definition) is 2. The number of amides is 1. The molecule has 0 saturated carbocycles. The van der Waals surface area contributed by atoms with Crippen molar-refractivity contribution in [3.63, 3.8) is 0 Å². The second-order valence-corrected chi connectivity index (χ2v) is 16.1. The van der Waals surface area contributed by atoms with Crippen LogP contribution in [0, 0.1) is 5.92 Å². The molecule has 200 valence electrons. The molecule has 3 heterocycles. The Morgan fingerprint density at radius 3 is 2.56 bits per heavy atom. The lowest BCUT2D eigenvalue weighted by molar-refractivity contribution is -0.118. The van der Waals surface area contributed by atoms with Gasteiger partial charge in [0.25, 0.3) is 0 Å². The number of aliphatic hydroxyl groups excluding tert-OH is 1. The van der Waals surface area contributed by atoms with Gasteiger partial charge in [-0.3, -0.25) is 14.7 Å². The van der Waals surface area contributed by atoms with E-state index in [0.29, 0.717) is 11.3 Å². The number of aliphatic hydroxyl groups is 1. The summed E-state index contributed by atoms with van der Waals surface area (Å²) in [6.07, 6.45) is -1.11. The van der Waals surface area contributed by atoms with E-state index < -0.39 is 39.0 Å². The van der Waals surface area contributed by atoms with Crippen molar-refractivity contribution < 1.29 is 23.5 Å². The average Bonchev–Trinajstić information content (AvgIpc) is 3.31. The lowest BCUT2D eigenvalue weighted by Crippen LogP contribution is -2.53. The predicted molar refractivity (Wildman–Crippen MR) is 140 cm³/mol. The van der Waals surface area contributed by atoms with Crippen LogP contribution in [-0.4, -0.2) is 77.4 Å². The molecule has 1 amide bonds. The smallest absolute Gasteiger partial charge is 0.233 e. The number of fused-ring (bicyclic) bond motifs is 1. The number of imidazole rings is 1. The first kappa shape index (κ1) is 28.2. The molecule has 12 heteroatoms. The number of rotatable bonds is 8. The summed E-state index contributed by atoms with van der Waals surface area (Å²) < 4.78 is 30.3. The van der Waals surface area contributed by atoms with Crippen LogP contribution >= 0.6 is 0 Å². The third-order valence-corrected chi connectivity index (χ3v) is 11.5. The van der Waals surface area contributed by atoms with Gasteiger partial charge in [0.05, 0.1) is 12.9 Å². The Hall–Kier alpha value is -2.41. The molecule has 2 aromatic rings. The number of carbonyl (C=O) groups excluding carboxylic acids is 1. The van der Waals surface area contributed by atoms with Gasteiger partial charge in [0.2, 0.25) is 11.9 Å². The molecule has 1 saturated heterocycles. The van der Waals surface area contributed by atoms with E-state index in [0.717, 1.165) is 0 Å². The van der Waals surface area contributed by atoms with Gasteiger partial charge >= 0.3 is 0 Å². The van der Waals surface area contributed by atoms with Gasteiger partial charge in [0.15, 0.2) is 37.7 Å². The highest BCUT2D eigenvalue weighted by Gasteiger charge is 2.58. The fourth-order valence-corrected chi connectivity index (χ4v) is 5.03. The number of hydrogen-bond acceptors (Lipinski definition) is 8. The lowest BCUT2D eigenvalue weighted by Gasteiger charge is -2.41. The Morgan fingerprint density at radius 2 is 2.06 bits per heavy atom. The zero-order valence-electron chi connectivity index (χ0n) is 22.7. The van der Waals surface area contributed by atoms with Crippen molar-refractivity contribution in [1.29, 1.82) is 0 Å². The van der Waals surface area contributed by atoms with Gasteiger partial charge < -0.3 is 19.2 Å². The van der Waals surface area contributed by atoms with Gasteiger partial charge in [0.1, 0.15) is 11.7 Å².